The quantitative estimate of drug-likeness (QED) is 0.887. The Hall–Kier alpha value is -1.76. The molecule has 1 atom stereocenters. The Kier molecular flexibility index (Phi) is 5.05. The average molecular weight is 378 g/mol. The van der Waals surface area contributed by atoms with Crippen molar-refractivity contribution in [3.63, 3.8) is 0 Å². The van der Waals surface area contributed by atoms with E-state index in [1.54, 1.807) is 4.68 Å². The molecule has 1 saturated carbocycles. The summed E-state index contributed by atoms with van der Waals surface area (Å²) in [5.41, 5.74) is 0.859. The van der Waals surface area contributed by atoms with E-state index in [-0.39, 0.29) is 17.9 Å². The van der Waals surface area contributed by atoms with Crippen molar-refractivity contribution in [2.24, 2.45) is 5.92 Å². The molecule has 1 aliphatic rings. The van der Waals surface area contributed by atoms with Crippen LogP contribution in [-0.2, 0) is 4.79 Å². The first-order valence-corrected chi connectivity index (χ1v) is 8.79. The van der Waals surface area contributed by atoms with Gasteiger partial charge in [0.05, 0.1) is 11.7 Å². The summed E-state index contributed by atoms with van der Waals surface area (Å²) in [5, 5.41) is 15.0. The van der Waals surface area contributed by atoms with Crippen molar-refractivity contribution in [1.82, 2.24) is 25.5 Å². The molecule has 0 bridgehead atoms. The summed E-state index contributed by atoms with van der Waals surface area (Å²) >= 11 is 3.45. The van der Waals surface area contributed by atoms with Gasteiger partial charge in [-0.25, -0.2) is 0 Å². The summed E-state index contributed by atoms with van der Waals surface area (Å²) in [7, 11) is 0. The van der Waals surface area contributed by atoms with Gasteiger partial charge in [0.15, 0.2) is 5.82 Å². The molecule has 6 nitrogen and oxygen atoms in total. The standard InChI is InChI=1S/C16H20BrN5O/c1-11(18-16(23)12-6-3-2-4-7-12)15-19-20-21-22(15)14-9-5-8-13(17)10-14/h5,8-12H,2-4,6-7H2,1H3,(H,18,23). The number of nitrogens with one attached hydrogen (secondary N) is 1. The number of amides is 1. The van der Waals surface area contributed by atoms with Gasteiger partial charge in [0.2, 0.25) is 5.91 Å². The van der Waals surface area contributed by atoms with Crippen LogP contribution in [-0.4, -0.2) is 26.1 Å². The van der Waals surface area contributed by atoms with Crippen LogP contribution in [0.5, 0.6) is 0 Å². The van der Waals surface area contributed by atoms with Crippen LogP contribution in [0.25, 0.3) is 5.69 Å². The molecule has 0 saturated heterocycles. The highest BCUT2D eigenvalue weighted by Crippen LogP contribution is 2.25. The highest BCUT2D eigenvalue weighted by Gasteiger charge is 2.24. The Morgan fingerprint density at radius 1 is 1.35 bits per heavy atom. The van der Waals surface area contributed by atoms with Gasteiger partial charge in [-0.15, -0.1) is 5.10 Å². The molecule has 1 fully saturated rings. The average Bonchev–Trinajstić information content (AvgIpc) is 3.05. The van der Waals surface area contributed by atoms with E-state index in [0.717, 1.165) is 35.8 Å². The lowest BCUT2D eigenvalue weighted by Crippen LogP contribution is -2.34. The van der Waals surface area contributed by atoms with Gasteiger partial charge in [-0.3, -0.25) is 4.79 Å². The van der Waals surface area contributed by atoms with Crippen molar-refractivity contribution in [3.05, 3.63) is 34.6 Å². The molecule has 0 aliphatic heterocycles. The van der Waals surface area contributed by atoms with Gasteiger partial charge >= 0.3 is 0 Å². The summed E-state index contributed by atoms with van der Waals surface area (Å²) in [6, 6.07) is 7.51. The predicted octanol–water partition coefficient (Wildman–Crippen LogP) is 3.18. The van der Waals surface area contributed by atoms with E-state index < -0.39 is 0 Å². The number of carbonyl (C=O) groups is 1. The molecule has 1 aromatic heterocycles. The third-order valence-electron chi connectivity index (χ3n) is 4.27. The molecule has 7 heteroatoms. The molecule has 1 heterocycles. The molecule has 0 spiro atoms. The molecule has 23 heavy (non-hydrogen) atoms. The number of benzene rings is 1. The molecule has 1 aromatic carbocycles. The van der Waals surface area contributed by atoms with Crippen LogP contribution < -0.4 is 5.32 Å². The van der Waals surface area contributed by atoms with Crippen LogP contribution in [0.3, 0.4) is 0 Å². The number of carbonyl (C=O) groups excluding carboxylic acids is 1. The van der Waals surface area contributed by atoms with Crippen molar-refractivity contribution in [2.75, 3.05) is 0 Å². The van der Waals surface area contributed by atoms with E-state index in [1.165, 1.54) is 6.42 Å². The molecule has 1 aliphatic carbocycles. The monoisotopic (exact) mass is 377 g/mol. The number of halogens is 1. The zero-order valence-electron chi connectivity index (χ0n) is 13.1. The van der Waals surface area contributed by atoms with E-state index in [4.69, 9.17) is 0 Å². The smallest absolute Gasteiger partial charge is 0.223 e. The fourth-order valence-corrected chi connectivity index (χ4v) is 3.40. The lowest BCUT2D eigenvalue weighted by Gasteiger charge is -2.22. The maximum atomic E-state index is 12.4. The van der Waals surface area contributed by atoms with Crippen LogP contribution in [0.4, 0.5) is 0 Å². The molecular formula is C16H20BrN5O. The van der Waals surface area contributed by atoms with Gasteiger partial charge in [-0.05, 0) is 48.4 Å². The number of rotatable bonds is 4. The Balaban J connectivity index is 1.74. The molecular weight excluding hydrogens is 358 g/mol. The molecule has 1 unspecified atom stereocenters. The van der Waals surface area contributed by atoms with Crippen LogP contribution in [0.1, 0.15) is 50.9 Å². The zero-order chi connectivity index (χ0) is 16.2. The van der Waals surface area contributed by atoms with Crippen molar-refractivity contribution < 1.29 is 4.79 Å². The summed E-state index contributed by atoms with van der Waals surface area (Å²) in [6.45, 7) is 1.92. The largest absolute Gasteiger partial charge is 0.346 e. The van der Waals surface area contributed by atoms with Crippen LogP contribution in [0, 0.1) is 5.92 Å². The highest BCUT2D eigenvalue weighted by atomic mass is 79.9. The van der Waals surface area contributed by atoms with Crippen molar-refractivity contribution in [2.45, 2.75) is 45.1 Å². The van der Waals surface area contributed by atoms with Crippen LogP contribution in [0.15, 0.2) is 28.7 Å². The number of nitrogens with zero attached hydrogens (tertiary/aromatic N) is 4. The van der Waals surface area contributed by atoms with Crippen molar-refractivity contribution in [3.8, 4) is 5.69 Å². The summed E-state index contributed by atoms with van der Waals surface area (Å²) in [5.74, 6) is 0.870. The zero-order valence-corrected chi connectivity index (χ0v) is 14.7. The van der Waals surface area contributed by atoms with Gasteiger partial charge in [-0.2, -0.15) is 4.68 Å². The molecule has 3 rings (SSSR count). The Morgan fingerprint density at radius 3 is 2.87 bits per heavy atom. The lowest BCUT2D eigenvalue weighted by molar-refractivity contribution is -0.126. The minimum Gasteiger partial charge on any atom is -0.346 e. The molecule has 1 amide bonds. The van der Waals surface area contributed by atoms with Crippen LogP contribution in [0.2, 0.25) is 0 Å². The third-order valence-corrected chi connectivity index (χ3v) is 4.76. The first-order chi connectivity index (χ1) is 11.1. The third kappa shape index (κ3) is 3.77. The fourth-order valence-electron chi connectivity index (χ4n) is 3.02. The normalized spacial score (nSPS) is 17.0. The summed E-state index contributed by atoms with van der Waals surface area (Å²) < 4.78 is 2.62. The summed E-state index contributed by atoms with van der Waals surface area (Å²) in [6.07, 6.45) is 5.48. The predicted molar refractivity (Wildman–Crippen MR) is 90.0 cm³/mol. The first kappa shape index (κ1) is 16.1. The van der Waals surface area contributed by atoms with Gasteiger partial charge in [0.1, 0.15) is 0 Å². The van der Waals surface area contributed by atoms with E-state index >= 15 is 0 Å². The minimum absolute atomic E-state index is 0.112. The van der Waals surface area contributed by atoms with Gasteiger partial charge in [0.25, 0.3) is 0 Å². The maximum Gasteiger partial charge on any atom is 0.223 e. The maximum absolute atomic E-state index is 12.4. The van der Waals surface area contributed by atoms with E-state index in [0.29, 0.717) is 5.82 Å². The molecule has 0 radical (unpaired) electrons. The van der Waals surface area contributed by atoms with Gasteiger partial charge in [-0.1, -0.05) is 41.3 Å². The second kappa shape index (κ2) is 7.21. The van der Waals surface area contributed by atoms with Crippen LogP contribution >= 0.6 is 15.9 Å². The minimum atomic E-state index is -0.238. The number of hydrogen-bond donors (Lipinski definition) is 1. The Bertz CT molecular complexity index is 681. The van der Waals surface area contributed by atoms with Gasteiger partial charge in [0, 0.05) is 10.4 Å². The number of aromatic nitrogens is 4. The summed E-state index contributed by atoms with van der Waals surface area (Å²) in [4.78, 5) is 12.4. The topological polar surface area (TPSA) is 72.7 Å². The Morgan fingerprint density at radius 2 is 2.13 bits per heavy atom. The highest BCUT2D eigenvalue weighted by molar-refractivity contribution is 9.10. The van der Waals surface area contributed by atoms with Crippen molar-refractivity contribution >= 4 is 21.8 Å². The molecule has 122 valence electrons. The van der Waals surface area contributed by atoms with E-state index in [1.807, 2.05) is 31.2 Å². The molecule has 2 aromatic rings. The second-order valence-corrected chi connectivity index (χ2v) is 6.91. The Labute approximate surface area is 143 Å². The molecule has 1 N–H and O–H groups in total. The fraction of sp³-hybridized carbons (Fsp3) is 0.500. The van der Waals surface area contributed by atoms with E-state index in [9.17, 15) is 4.79 Å². The number of hydrogen-bond acceptors (Lipinski definition) is 4. The van der Waals surface area contributed by atoms with Crippen molar-refractivity contribution in [1.29, 1.82) is 0 Å². The SMILES string of the molecule is CC(NC(=O)C1CCCCC1)c1nnnn1-c1cccc(Br)c1. The lowest BCUT2D eigenvalue weighted by atomic mass is 9.88. The second-order valence-electron chi connectivity index (χ2n) is 5.99. The van der Waals surface area contributed by atoms with Gasteiger partial charge < -0.3 is 5.32 Å². The van der Waals surface area contributed by atoms with E-state index in [2.05, 4.69) is 36.8 Å². The first-order valence-electron chi connectivity index (χ1n) is 8.00. The number of tetrazole rings is 1.